The van der Waals surface area contributed by atoms with Gasteiger partial charge in [-0.1, -0.05) is 58.0 Å². The summed E-state index contributed by atoms with van der Waals surface area (Å²) in [5, 5.41) is 1.22. The normalized spacial score (nSPS) is 18.2. The summed E-state index contributed by atoms with van der Waals surface area (Å²) >= 11 is 0. The molecule has 4 nitrogen and oxygen atoms in total. The highest BCUT2D eigenvalue weighted by Gasteiger charge is 2.33. The van der Waals surface area contributed by atoms with Crippen molar-refractivity contribution in [3.63, 3.8) is 0 Å². The molecule has 0 bridgehead atoms. The minimum Gasteiger partial charge on any atom is -0.300 e. The molecule has 148 valence electrons. The smallest absolute Gasteiger partial charge is 0.258 e. The Labute approximate surface area is 167 Å². The lowest BCUT2D eigenvalue weighted by Gasteiger charge is -2.30. The maximum absolute atomic E-state index is 13.5. The third kappa shape index (κ3) is 4.20. The van der Waals surface area contributed by atoms with Gasteiger partial charge in [-0.3, -0.25) is 4.79 Å². The minimum absolute atomic E-state index is 0.00164. The zero-order valence-corrected chi connectivity index (χ0v) is 17.7. The largest absolute Gasteiger partial charge is 0.300 e. The molecule has 1 aliphatic rings. The fraction of sp³-hybridized carbons (Fsp3) is 0.348. The zero-order valence-electron chi connectivity index (χ0n) is 16.8. The highest BCUT2D eigenvalue weighted by Crippen LogP contribution is 2.29. The van der Waals surface area contributed by atoms with Crippen LogP contribution in [0, 0.1) is 0 Å². The van der Waals surface area contributed by atoms with Crippen LogP contribution in [-0.2, 0) is 21.7 Å². The summed E-state index contributed by atoms with van der Waals surface area (Å²) in [5.74, 6) is -0.273. The van der Waals surface area contributed by atoms with Crippen LogP contribution in [0.2, 0.25) is 0 Å². The maximum atomic E-state index is 13.5. The summed E-state index contributed by atoms with van der Waals surface area (Å²) in [7, 11) is -3.28. The Morgan fingerprint density at radius 3 is 2.25 bits per heavy atom. The SMILES string of the molecule is CCc1ccccc1N(C(=O)c1ccc(C(C)(C)C)cc1)[C@@H]1C=CS(=O)(=O)C1. The highest BCUT2D eigenvalue weighted by molar-refractivity contribution is 7.94. The number of para-hydroxylation sites is 1. The van der Waals surface area contributed by atoms with E-state index in [4.69, 9.17) is 0 Å². The van der Waals surface area contributed by atoms with Crippen LogP contribution < -0.4 is 4.90 Å². The van der Waals surface area contributed by atoms with Gasteiger partial charge in [0.05, 0.1) is 11.8 Å². The van der Waals surface area contributed by atoms with Gasteiger partial charge in [-0.05, 0) is 47.2 Å². The molecule has 5 heteroatoms. The van der Waals surface area contributed by atoms with Gasteiger partial charge in [0.2, 0.25) is 0 Å². The van der Waals surface area contributed by atoms with Crippen molar-refractivity contribution in [3.8, 4) is 0 Å². The van der Waals surface area contributed by atoms with E-state index in [-0.39, 0.29) is 17.1 Å². The van der Waals surface area contributed by atoms with E-state index >= 15 is 0 Å². The molecule has 28 heavy (non-hydrogen) atoms. The van der Waals surface area contributed by atoms with Crippen molar-refractivity contribution >= 4 is 21.4 Å². The lowest BCUT2D eigenvalue weighted by molar-refractivity contribution is 0.0983. The van der Waals surface area contributed by atoms with E-state index in [1.165, 1.54) is 5.41 Å². The van der Waals surface area contributed by atoms with E-state index in [0.717, 1.165) is 23.2 Å². The molecule has 0 saturated heterocycles. The van der Waals surface area contributed by atoms with Gasteiger partial charge in [-0.15, -0.1) is 0 Å². The number of hydrogen-bond acceptors (Lipinski definition) is 3. The number of carbonyl (C=O) groups excluding carboxylic acids is 1. The minimum atomic E-state index is -3.28. The van der Waals surface area contributed by atoms with Crippen molar-refractivity contribution in [3.05, 3.63) is 76.7 Å². The Bertz CT molecular complexity index is 999. The van der Waals surface area contributed by atoms with Crippen LogP contribution in [0.4, 0.5) is 5.69 Å². The van der Waals surface area contributed by atoms with E-state index in [2.05, 4.69) is 20.8 Å². The number of hydrogen-bond donors (Lipinski definition) is 0. The quantitative estimate of drug-likeness (QED) is 0.763. The van der Waals surface area contributed by atoms with Crippen molar-refractivity contribution in [2.24, 2.45) is 0 Å². The van der Waals surface area contributed by atoms with Gasteiger partial charge in [0.15, 0.2) is 9.84 Å². The van der Waals surface area contributed by atoms with Gasteiger partial charge < -0.3 is 4.90 Å². The fourth-order valence-electron chi connectivity index (χ4n) is 3.46. The lowest BCUT2D eigenvalue weighted by atomic mass is 9.86. The van der Waals surface area contributed by atoms with Crippen molar-refractivity contribution < 1.29 is 13.2 Å². The molecule has 2 aromatic rings. The number of nitrogens with zero attached hydrogens (tertiary/aromatic N) is 1. The zero-order chi connectivity index (χ0) is 20.5. The Kier molecular flexibility index (Phi) is 5.48. The summed E-state index contributed by atoms with van der Waals surface area (Å²) in [5.41, 5.74) is 3.48. The molecule has 0 spiro atoms. The monoisotopic (exact) mass is 397 g/mol. The molecule has 1 heterocycles. The predicted molar refractivity (Wildman–Crippen MR) is 114 cm³/mol. The van der Waals surface area contributed by atoms with Crippen LogP contribution in [0.25, 0.3) is 0 Å². The first-order valence-corrected chi connectivity index (χ1v) is 11.3. The standard InChI is InChI=1S/C23H27NO3S/c1-5-17-8-6-7-9-21(17)24(20-14-15-28(26,27)16-20)22(25)18-10-12-19(13-11-18)23(2,3)4/h6-15,20H,5,16H2,1-4H3/t20-/m1/s1. The molecular weight excluding hydrogens is 370 g/mol. The molecule has 0 aromatic heterocycles. The van der Waals surface area contributed by atoms with Crippen LogP contribution in [0.3, 0.4) is 0 Å². The molecule has 1 amide bonds. The molecule has 0 saturated carbocycles. The molecule has 3 rings (SSSR count). The second-order valence-corrected chi connectivity index (χ2v) is 10.1. The molecule has 0 fully saturated rings. The van der Waals surface area contributed by atoms with Gasteiger partial charge in [0, 0.05) is 16.7 Å². The number of rotatable bonds is 4. The van der Waals surface area contributed by atoms with E-state index < -0.39 is 15.9 Å². The van der Waals surface area contributed by atoms with Gasteiger partial charge in [0.25, 0.3) is 5.91 Å². The number of aryl methyl sites for hydroxylation is 1. The van der Waals surface area contributed by atoms with Crippen LogP contribution in [0.1, 0.15) is 49.2 Å². The van der Waals surface area contributed by atoms with E-state index in [0.29, 0.717) is 5.56 Å². The Balaban J connectivity index is 2.04. The first-order chi connectivity index (χ1) is 13.1. The summed E-state index contributed by atoms with van der Waals surface area (Å²) < 4.78 is 24.0. The van der Waals surface area contributed by atoms with Crippen LogP contribution in [-0.4, -0.2) is 26.1 Å². The molecular formula is C23H27NO3S. The predicted octanol–water partition coefficient (Wildman–Crippen LogP) is 4.50. The fourth-order valence-corrected chi connectivity index (χ4v) is 4.72. The average molecular weight is 398 g/mol. The Morgan fingerprint density at radius 2 is 1.71 bits per heavy atom. The van der Waals surface area contributed by atoms with Crippen molar-refractivity contribution in [2.45, 2.75) is 45.6 Å². The second-order valence-electron chi connectivity index (χ2n) is 8.21. The van der Waals surface area contributed by atoms with E-state index in [9.17, 15) is 13.2 Å². The van der Waals surface area contributed by atoms with Crippen LogP contribution in [0.15, 0.2) is 60.0 Å². The number of anilines is 1. The Morgan fingerprint density at radius 1 is 1.07 bits per heavy atom. The van der Waals surface area contributed by atoms with Gasteiger partial charge in [0.1, 0.15) is 0 Å². The summed E-state index contributed by atoms with van der Waals surface area (Å²) in [6.07, 6.45) is 2.37. The number of sulfone groups is 1. The van der Waals surface area contributed by atoms with Crippen molar-refractivity contribution in [1.29, 1.82) is 0 Å². The van der Waals surface area contributed by atoms with E-state index in [1.54, 1.807) is 11.0 Å². The number of amides is 1. The van der Waals surface area contributed by atoms with Crippen molar-refractivity contribution in [1.82, 2.24) is 0 Å². The third-order valence-electron chi connectivity index (χ3n) is 5.09. The van der Waals surface area contributed by atoms with Gasteiger partial charge in [-0.2, -0.15) is 0 Å². The summed E-state index contributed by atoms with van der Waals surface area (Å²) in [6.45, 7) is 8.41. The average Bonchev–Trinajstić information content (AvgIpc) is 3.01. The molecule has 2 aromatic carbocycles. The second kappa shape index (κ2) is 7.55. The first-order valence-electron chi connectivity index (χ1n) is 9.55. The van der Waals surface area contributed by atoms with Crippen molar-refractivity contribution in [2.75, 3.05) is 10.7 Å². The number of benzene rings is 2. The van der Waals surface area contributed by atoms with Crippen LogP contribution in [0.5, 0.6) is 0 Å². The van der Waals surface area contributed by atoms with Crippen LogP contribution >= 0.6 is 0 Å². The molecule has 0 N–H and O–H groups in total. The van der Waals surface area contributed by atoms with E-state index in [1.807, 2.05) is 55.5 Å². The highest BCUT2D eigenvalue weighted by atomic mass is 32.2. The topological polar surface area (TPSA) is 54.5 Å². The maximum Gasteiger partial charge on any atom is 0.258 e. The third-order valence-corrected chi connectivity index (χ3v) is 6.47. The summed E-state index contributed by atoms with van der Waals surface area (Å²) in [4.78, 5) is 15.1. The lowest BCUT2D eigenvalue weighted by Crippen LogP contribution is -2.41. The number of carbonyl (C=O) groups is 1. The molecule has 0 radical (unpaired) electrons. The molecule has 0 aliphatic carbocycles. The first kappa shape index (κ1) is 20.3. The Hall–Kier alpha value is -2.40. The van der Waals surface area contributed by atoms with Gasteiger partial charge >= 0.3 is 0 Å². The molecule has 1 atom stereocenters. The van der Waals surface area contributed by atoms with Gasteiger partial charge in [-0.25, -0.2) is 8.42 Å². The molecule has 0 unspecified atom stereocenters. The molecule has 1 aliphatic heterocycles. The summed E-state index contributed by atoms with van der Waals surface area (Å²) in [6, 6.07) is 14.8.